The molecule has 2 fully saturated rings. The van der Waals surface area contributed by atoms with Gasteiger partial charge in [-0.1, -0.05) is 6.07 Å². The number of hydrogen-bond donors (Lipinski definition) is 1. The summed E-state index contributed by atoms with van der Waals surface area (Å²) in [6.45, 7) is 3.42. The molecule has 1 aliphatic heterocycles. The summed E-state index contributed by atoms with van der Waals surface area (Å²) in [5.74, 6) is 0. The summed E-state index contributed by atoms with van der Waals surface area (Å²) in [5.41, 5.74) is 5.23. The summed E-state index contributed by atoms with van der Waals surface area (Å²) < 4.78 is 39.4. The molecule has 2 heterocycles. The van der Waals surface area contributed by atoms with Crippen LogP contribution < -0.4 is 11.3 Å². The molecular formula is C20H25N3O6S. The molecule has 1 saturated carbocycles. The molecule has 0 bridgehead atoms. The van der Waals surface area contributed by atoms with Gasteiger partial charge in [-0.2, -0.15) is 4.31 Å². The molecule has 0 unspecified atom stereocenters. The van der Waals surface area contributed by atoms with Crippen molar-refractivity contribution in [3.05, 3.63) is 40.8 Å². The summed E-state index contributed by atoms with van der Waals surface area (Å²) in [4.78, 5) is 24.5. The summed E-state index contributed by atoms with van der Waals surface area (Å²) in [6.07, 6.45) is 2.33. The number of pyridine rings is 1. The fourth-order valence-corrected chi connectivity index (χ4v) is 6.21. The molecule has 4 rings (SSSR count). The van der Waals surface area contributed by atoms with Crippen LogP contribution in [0.3, 0.4) is 0 Å². The van der Waals surface area contributed by atoms with Crippen molar-refractivity contribution in [1.82, 2.24) is 8.87 Å². The highest BCUT2D eigenvalue weighted by atomic mass is 32.2. The van der Waals surface area contributed by atoms with Crippen LogP contribution in [0.1, 0.15) is 33.1 Å². The van der Waals surface area contributed by atoms with Gasteiger partial charge in [-0.3, -0.25) is 9.36 Å². The van der Waals surface area contributed by atoms with Gasteiger partial charge in [-0.15, -0.1) is 0 Å². The number of fused-ring (bicyclic) bond motifs is 1. The molecule has 1 aromatic heterocycles. The van der Waals surface area contributed by atoms with Gasteiger partial charge in [0.2, 0.25) is 10.0 Å². The Balaban J connectivity index is 1.68. The molecule has 2 N–H and O–H groups in total. The van der Waals surface area contributed by atoms with Crippen LogP contribution in [0, 0.1) is 0 Å². The highest BCUT2D eigenvalue weighted by molar-refractivity contribution is 7.89. The molecule has 1 spiro atoms. The lowest BCUT2D eigenvalue weighted by Gasteiger charge is -2.26. The van der Waals surface area contributed by atoms with E-state index in [-0.39, 0.29) is 29.2 Å². The first-order valence-electron chi connectivity index (χ1n) is 9.91. The van der Waals surface area contributed by atoms with Gasteiger partial charge < -0.3 is 15.2 Å². The van der Waals surface area contributed by atoms with Crippen LogP contribution in [0.25, 0.3) is 10.8 Å². The van der Waals surface area contributed by atoms with Crippen molar-refractivity contribution in [3.8, 4) is 0 Å². The second kappa shape index (κ2) is 7.36. The van der Waals surface area contributed by atoms with E-state index in [2.05, 4.69) is 0 Å². The van der Waals surface area contributed by atoms with E-state index in [1.54, 1.807) is 32.0 Å². The van der Waals surface area contributed by atoms with Crippen LogP contribution >= 0.6 is 0 Å². The van der Waals surface area contributed by atoms with E-state index in [1.807, 2.05) is 0 Å². The van der Waals surface area contributed by atoms with Crippen LogP contribution in [0.15, 0.2) is 40.2 Å². The maximum absolute atomic E-state index is 13.4. The van der Waals surface area contributed by atoms with Gasteiger partial charge >= 0.3 is 6.16 Å². The summed E-state index contributed by atoms with van der Waals surface area (Å²) >= 11 is 0. The average Bonchev–Trinajstić information content (AvgIpc) is 3.40. The van der Waals surface area contributed by atoms with Crippen molar-refractivity contribution in [2.75, 3.05) is 6.54 Å². The molecule has 9 nitrogen and oxygen atoms in total. The van der Waals surface area contributed by atoms with Crippen LogP contribution in [0.2, 0.25) is 0 Å². The predicted molar refractivity (Wildman–Crippen MR) is 109 cm³/mol. The van der Waals surface area contributed by atoms with E-state index in [1.165, 1.54) is 21.1 Å². The lowest BCUT2D eigenvalue weighted by atomic mass is 10.1. The second-order valence-electron chi connectivity index (χ2n) is 8.07. The highest BCUT2D eigenvalue weighted by Crippen LogP contribution is 2.51. The molecule has 2 aliphatic rings. The first-order valence-corrected chi connectivity index (χ1v) is 11.3. The van der Waals surface area contributed by atoms with Gasteiger partial charge in [0.15, 0.2) is 6.73 Å². The number of ether oxygens (including phenoxy) is 2. The Kier molecular flexibility index (Phi) is 5.11. The van der Waals surface area contributed by atoms with Crippen molar-refractivity contribution in [2.24, 2.45) is 5.73 Å². The van der Waals surface area contributed by atoms with Gasteiger partial charge in [0.05, 0.1) is 16.5 Å². The van der Waals surface area contributed by atoms with Gasteiger partial charge in [-0.05, 0) is 51.3 Å². The van der Waals surface area contributed by atoms with Crippen LogP contribution in [0.4, 0.5) is 4.79 Å². The van der Waals surface area contributed by atoms with E-state index >= 15 is 0 Å². The van der Waals surface area contributed by atoms with E-state index in [0.717, 1.165) is 12.8 Å². The smallest absolute Gasteiger partial charge is 0.432 e. The second-order valence-corrected chi connectivity index (χ2v) is 9.90. The minimum Gasteiger partial charge on any atom is -0.432 e. The number of hydrogen-bond acceptors (Lipinski definition) is 7. The quantitative estimate of drug-likeness (QED) is 0.711. The molecular weight excluding hydrogens is 410 g/mol. The first-order chi connectivity index (χ1) is 14.2. The maximum atomic E-state index is 13.4. The van der Waals surface area contributed by atoms with E-state index in [9.17, 15) is 18.0 Å². The molecule has 162 valence electrons. The largest absolute Gasteiger partial charge is 0.510 e. The summed E-state index contributed by atoms with van der Waals surface area (Å²) in [5, 5.41) is 0.563. The number of nitrogens with zero attached hydrogens (tertiary/aromatic N) is 2. The topological polar surface area (TPSA) is 121 Å². The molecule has 1 aromatic carbocycles. The molecule has 1 atom stereocenters. The Hall–Kier alpha value is -2.43. The lowest BCUT2D eigenvalue weighted by Crippen LogP contribution is -2.44. The van der Waals surface area contributed by atoms with Crippen molar-refractivity contribution >= 4 is 27.0 Å². The minimum absolute atomic E-state index is 0.0877. The number of benzene rings is 1. The molecule has 0 radical (unpaired) electrons. The molecule has 1 saturated heterocycles. The van der Waals surface area contributed by atoms with Crippen molar-refractivity contribution in [3.63, 3.8) is 0 Å². The SMILES string of the molecule is CC(C)OC(=O)OCn1ccc2c(S(=O)(=O)N3CC[C@H](N)C34CC4)cccc2c1=O. The third kappa shape index (κ3) is 3.38. The number of aromatic nitrogens is 1. The maximum Gasteiger partial charge on any atom is 0.510 e. The summed E-state index contributed by atoms with van der Waals surface area (Å²) in [7, 11) is -3.81. The van der Waals surface area contributed by atoms with Crippen molar-refractivity contribution in [1.29, 1.82) is 0 Å². The van der Waals surface area contributed by atoms with E-state index in [4.69, 9.17) is 15.2 Å². The Morgan fingerprint density at radius 1 is 1.27 bits per heavy atom. The predicted octanol–water partition coefficient (Wildman–Crippen LogP) is 1.77. The van der Waals surface area contributed by atoms with Crippen LogP contribution in [0.5, 0.6) is 0 Å². The first kappa shape index (κ1) is 20.8. The van der Waals surface area contributed by atoms with Gasteiger partial charge in [0, 0.05) is 29.6 Å². The Morgan fingerprint density at radius 2 is 2.00 bits per heavy atom. The number of carbonyl (C=O) groups excluding carboxylic acids is 1. The normalized spacial score (nSPS) is 20.7. The van der Waals surface area contributed by atoms with E-state index < -0.39 is 27.3 Å². The molecule has 1 aliphatic carbocycles. The standard InChI is InChI=1S/C20H25N3O6S/c1-13(2)29-19(25)28-12-22-10-6-14-15(18(22)24)4-3-5-16(14)30(26,27)23-11-7-17(21)20(23)8-9-20/h3-6,10,13,17H,7-9,11-12,21H2,1-2H3/t17-/m0/s1. The molecule has 30 heavy (non-hydrogen) atoms. The van der Waals surface area contributed by atoms with Gasteiger partial charge in [0.25, 0.3) is 5.56 Å². The van der Waals surface area contributed by atoms with Crippen molar-refractivity contribution < 1.29 is 22.7 Å². The third-order valence-corrected chi connectivity index (χ3v) is 7.83. The minimum atomic E-state index is -3.81. The fourth-order valence-electron chi connectivity index (χ4n) is 4.12. The average molecular weight is 436 g/mol. The van der Waals surface area contributed by atoms with Crippen molar-refractivity contribution in [2.45, 2.75) is 62.4 Å². The number of nitrogens with two attached hydrogens (primary N) is 1. The van der Waals surface area contributed by atoms with E-state index in [0.29, 0.717) is 18.4 Å². The number of sulfonamides is 1. The highest BCUT2D eigenvalue weighted by Gasteiger charge is 2.60. The lowest BCUT2D eigenvalue weighted by molar-refractivity contribution is 0.0154. The van der Waals surface area contributed by atoms with Gasteiger partial charge in [-0.25, -0.2) is 13.2 Å². The Labute approximate surface area is 174 Å². The Bertz CT molecular complexity index is 1150. The Morgan fingerprint density at radius 3 is 2.67 bits per heavy atom. The van der Waals surface area contributed by atoms with Crippen LogP contribution in [-0.4, -0.2) is 47.7 Å². The van der Waals surface area contributed by atoms with Gasteiger partial charge in [0.1, 0.15) is 0 Å². The zero-order valence-electron chi connectivity index (χ0n) is 16.9. The fraction of sp³-hybridized carbons (Fsp3) is 0.500. The number of carbonyl (C=O) groups is 1. The third-order valence-electron chi connectivity index (χ3n) is 5.79. The summed E-state index contributed by atoms with van der Waals surface area (Å²) in [6, 6.07) is 6.00. The number of rotatable bonds is 5. The zero-order chi connectivity index (χ0) is 21.7. The molecule has 0 amide bonds. The molecule has 2 aromatic rings. The van der Waals surface area contributed by atoms with Crippen LogP contribution in [-0.2, 0) is 26.2 Å². The molecule has 10 heteroatoms. The monoisotopic (exact) mass is 435 g/mol. The zero-order valence-corrected chi connectivity index (χ0v) is 17.7.